The Kier molecular flexibility index (Phi) is 3.25. The van der Waals surface area contributed by atoms with Crippen LogP contribution in [0.3, 0.4) is 0 Å². The first-order valence-corrected chi connectivity index (χ1v) is 4.33. The fraction of sp³-hybridized carbons (Fsp3) is 0.400. The van der Waals surface area contributed by atoms with Gasteiger partial charge >= 0.3 is 0 Å². The normalized spacial score (nSPS) is 12.8. The van der Waals surface area contributed by atoms with Crippen LogP contribution in [0.5, 0.6) is 5.75 Å². The van der Waals surface area contributed by atoms with Gasteiger partial charge < -0.3 is 10.8 Å². The van der Waals surface area contributed by atoms with Crippen molar-refractivity contribution >= 4 is 0 Å². The first kappa shape index (κ1) is 9.99. The number of nitrogens with two attached hydrogens (primary N) is 1. The highest BCUT2D eigenvalue weighted by molar-refractivity contribution is 5.35. The Hall–Kier alpha value is -1.09. The average molecular weight is 183 g/mol. The van der Waals surface area contributed by atoms with Crippen LogP contribution >= 0.6 is 0 Å². The van der Waals surface area contributed by atoms with E-state index in [9.17, 15) is 9.50 Å². The SMILES string of the molecule is CC(CCN)c1cc(F)ccc1O. The van der Waals surface area contributed by atoms with Gasteiger partial charge in [0.2, 0.25) is 0 Å². The predicted molar refractivity (Wildman–Crippen MR) is 50.2 cm³/mol. The minimum atomic E-state index is -0.323. The van der Waals surface area contributed by atoms with Crippen LogP contribution < -0.4 is 5.73 Å². The van der Waals surface area contributed by atoms with Crippen LogP contribution in [0.15, 0.2) is 18.2 Å². The molecule has 0 saturated carbocycles. The second-order valence-electron chi connectivity index (χ2n) is 3.18. The van der Waals surface area contributed by atoms with Crippen LogP contribution in [0.1, 0.15) is 24.8 Å². The number of hydrogen-bond acceptors (Lipinski definition) is 2. The van der Waals surface area contributed by atoms with Crippen LogP contribution in [0.4, 0.5) is 4.39 Å². The Morgan fingerprint density at radius 1 is 1.54 bits per heavy atom. The highest BCUT2D eigenvalue weighted by atomic mass is 19.1. The van der Waals surface area contributed by atoms with Crippen molar-refractivity contribution in [2.24, 2.45) is 5.73 Å². The van der Waals surface area contributed by atoms with Crippen molar-refractivity contribution in [2.45, 2.75) is 19.3 Å². The van der Waals surface area contributed by atoms with Crippen molar-refractivity contribution in [1.29, 1.82) is 0 Å². The molecule has 1 aromatic rings. The van der Waals surface area contributed by atoms with E-state index in [0.29, 0.717) is 12.1 Å². The fourth-order valence-corrected chi connectivity index (χ4v) is 1.33. The molecule has 0 aliphatic heterocycles. The summed E-state index contributed by atoms with van der Waals surface area (Å²) in [7, 11) is 0. The lowest BCUT2D eigenvalue weighted by Gasteiger charge is -2.11. The maximum atomic E-state index is 12.8. The number of halogens is 1. The zero-order chi connectivity index (χ0) is 9.84. The quantitative estimate of drug-likeness (QED) is 0.752. The van der Waals surface area contributed by atoms with Gasteiger partial charge in [0.1, 0.15) is 11.6 Å². The van der Waals surface area contributed by atoms with E-state index >= 15 is 0 Å². The predicted octanol–water partition coefficient (Wildman–Crippen LogP) is 1.98. The van der Waals surface area contributed by atoms with Gasteiger partial charge in [0.15, 0.2) is 0 Å². The second kappa shape index (κ2) is 4.23. The van der Waals surface area contributed by atoms with Crippen LogP contribution in [0, 0.1) is 5.82 Å². The Bertz CT molecular complexity index is 288. The number of benzene rings is 1. The zero-order valence-electron chi connectivity index (χ0n) is 7.63. The molecule has 3 heteroatoms. The van der Waals surface area contributed by atoms with Crippen molar-refractivity contribution in [1.82, 2.24) is 0 Å². The van der Waals surface area contributed by atoms with Crippen LogP contribution in [0.2, 0.25) is 0 Å². The molecular weight excluding hydrogens is 169 g/mol. The third-order valence-corrected chi connectivity index (χ3v) is 2.12. The summed E-state index contributed by atoms with van der Waals surface area (Å²) >= 11 is 0. The molecule has 1 unspecified atom stereocenters. The summed E-state index contributed by atoms with van der Waals surface area (Å²) in [5, 5.41) is 9.42. The maximum absolute atomic E-state index is 12.8. The minimum absolute atomic E-state index is 0.0979. The van der Waals surface area contributed by atoms with Gasteiger partial charge in [-0.15, -0.1) is 0 Å². The molecule has 0 bridgehead atoms. The van der Waals surface area contributed by atoms with Crippen LogP contribution in [-0.2, 0) is 0 Å². The number of aromatic hydroxyl groups is 1. The van der Waals surface area contributed by atoms with E-state index in [0.717, 1.165) is 6.42 Å². The van der Waals surface area contributed by atoms with E-state index in [1.54, 1.807) is 0 Å². The smallest absolute Gasteiger partial charge is 0.123 e. The minimum Gasteiger partial charge on any atom is -0.508 e. The van der Waals surface area contributed by atoms with Gasteiger partial charge in [-0.2, -0.15) is 0 Å². The Labute approximate surface area is 77.2 Å². The molecule has 0 aromatic heterocycles. The van der Waals surface area contributed by atoms with Gasteiger partial charge in [0, 0.05) is 0 Å². The summed E-state index contributed by atoms with van der Waals surface area (Å²) in [6, 6.07) is 3.97. The molecule has 3 N–H and O–H groups in total. The van der Waals surface area contributed by atoms with Crippen LogP contribution in [-0.4, -0.2) is 11.7 Å². The lowest BCUT2D eigenvalue weighted by atomic mass is 9.97. The van der Waals surface area contributed by atoms with Gasteiger partial charge in [-0.3, -0.25) is 0 Å². The number of phenols is 1. The van der Waals surface area contributed by atoms with E-state index in [-0.39, 0.29) is 17.5 Å². The zero-order valence-corrected chi connectivity index (χ0v) is 7.63. The molecule has 0 saturated heterocycles. The van der Waals surface area contributed by atoms with Crippen molar-refractivity contribution in [3.05, 3.63) is 29.6 Å². The molecule has 0 spiro atoms. The summed E-state index contributed by atoms with van der Waals surface area (Å²) in [5.41, 5.74) is 6.01. The Balaban J connectivity index is 2.91. The number of rotatable bonds is 3. The molecule has 0 radical (unpaired) electrons. The summed E-state index contributed by atoms with van der Waals surface area (Å²) in [6.07, 6.45) is 0.747. The van der Waals surface area contributed by atoms with E-state index in [4.69, 9.17) is 5.73 Å². The largest absolute Gasteiger partial charge is 0.508 e. The summed E-state index contributed by atoms with van der Waals surface area (Å²) in [6.45, 7) is 2.46. The Morgan fingerprint density at radius 2 is 2.23 bits per heavy atom. The fourth-order valence-electron chi connectivity index (χ4n) is 1.33. The van der Waals surface area contributed by atoms with E-state index in [1.807, 2.05) is 6.92 Å². The standard InChI is InChI=1S/C10H14FNO/c1-7(4-5-12)9-6-8(11)2-3-10(9)13/h2-3,6-7,13H,4-5,12H2,1H3. The molecule has 0 heterocycles. The van der Waals surface area contributed by atoms with E-state index < -0.39 is 0 Å². The van der Waals surface area contributed by atoms with Gasteiger partial charge in [0.05, 0.1) is 0 Å². The van der Waals surface area contributed by atoms with Crippen molar-refractivity contribution in [3.63, 3.8) is 0 Å². The first-order valence-electron chi connectivity index (χ1n) is 4.33. The van der Waals surface area contributed by atoms with Crippen molar-refractivity contribution < 1.29 is 9.50 Å². The topological polar surface area (TPSA) is 46.2 Å². The van der Waals surface area contributed by atoms with Crippen LogP contribution in [0.25, 0.3) is 0 Å². The maximum Gasteiger partial charge on any atom is 0.123 e. The highest BCUT2D eigenvalue weighted by Crippen LogP contribution is 2.27. The number of phenolic OH excluding ortho intramolecular Hbond substituents is 1. The number of hydrogen-bond donors (Lipinski definition) is 2. The third kappa shape index (κ3) is 2.42. The van der Waals surface area contributed by atoms with E-state index in [1.165, 1.54) is 18.2 Å². The molecule has 72 valence electrons. The monoisotopic (exact) mass is 183 g/mol. The van der Waals surface area contributed by atoms with Crippen molar-refractivity contribution in [2.75, 3.05) is 6.54 Å². The first-order chi connectivity index (χ1) is 6.15. The van der Waals surface area contributed by atoms with E-state index in [2.05, 4.69) is 0 Å². The second-order valence-corrected chi connectivity index (χ2v) is 3.18. The molecular formula is C10H14FNO. The molecule has 0 fully saturated rings. The summed E-state index contributed by atoms with van der Waals surface area (Å²) < 4.78 is 12.8. The average Bonchev–Trinajstić information content (AvgIpc) is 2.09. The van der Waals surface area contributed by atoms with Crippen molar-refractivity contribution in [3.8, 4) is 5.75 Å². The molecule has 1 rings (SSSR count). The molecule has 0 aliphatic carbocycles. The Morgan fingerprint density at radius 3 is 2.85 bits per heavy atom. The molecule has 0 amide bonds. The lowest BCUT2D eigenvalue weighted by molar-refractivity contribution is 0.458. The molecule has 13 heavy (non-hydrogen) atoms. The highest BCUT2D eigenvalue weighted by Gasteiger charge is 2.10. The van der Waals surface area contributed by atoms with Gasteiger partial charge in [-0.25, -0.2) is 4.39 Å². The molecule has 2 nitrogen and oxygen atoms in total. The molecule has 1 atom stereocenters. The molecule has 0 aliphatic rings. The third-order valence-electron chi connectivity index (χ3n) is 2.12. The van der Waals surface area contributed by atoms with Gasteiger partial charge in [-0.05, 0) is 42.6 Å². The summed E-state index contributed by atoms with van der Waals surface area (Å²) in [5.74, 6) is -0.0836. The lowest BCUT2D eigenvalue weighted by Crippen LogP contribution is -2.04. The van der Waals surface area contributed by atoms with Gasteiger partial charge in [0.25, 0.3) is 0 Å². The summed E-state index contributed by atoms with van der Waals surface area (Å²) in [4.78, 5) is 0. The van der Waals surface area contributed by atoms with Gasteiger partial charge in [-0.1, -0.05) is 6.92 Å². The molecule has 1 aromatic carbocycles.